The van der Waals surface area contributed by atoms with E-state index in [1.807, 2.05) is 23.1 Å². The van der Waals surface area contributed by atoms with Crippen molar-refractivity contribution in [1.82, 2.24) is 15.5 Å². The lowest BCUT2D eigenvalue weighted by atomic mass is 9.95. The van der Waals surface area contributed by atoms with E-state index >= 15 is 0 Å². The summed E-state index contributed by atoms with van der Waals surface area (Å²) in [5.41, 5.74) is 0.990. The summed E-state index contributed by atoms with van der Waals surface area (Å²) in [7, 11) is 0. The summed E-state index contributed by atoms with van der Waals surface area (Å²) in [5.74, 6) is 1.56. The number of ether oxygens (including phenoxy) is 2. The average Bonchev–Trinajstić information content (AvgIpc) is 2.59. The third kappa shape index (κ3) is 4.42. The normalized spacial score (nSPS) is 18.6. The molecule has 2 amide bonds. The van der Waals surface area contributed by atoms with Gasteiger partial charge in [-0.25, -0.2) is 0 Å². The van der Waals surface area contributed by atoms with Crippen molar-refractivity contribution >= 4 is 11.8 Å². The van der Waals surface area contributed by atoms with Gasteiger partial charge in [0.2, 0.25) is 11.8 Å². The molecule has 0 bridgehead atoms. The number of carbonyl (C=O) groups is 2. The standard InChI is InChI=1S/C18H25N3O4/c1-12(2)18(13-3-4-14-15(9-13)25-8-7-24-14)20-17(23)11-21-6-5-19-16(22)10-21/h3-4,9,12,18H,5-8,10-11H2,1-2H3,(H,19,22)(H,20,23)/t18-/m1/s1. The molecule has 0 radical (unpaired) electrons. The highest BCUT2D eigenvalue weighted by atomic mass is 16.6. The zero-order valence-electron chi connectivity index (χ0n) is 14.7. The second-order valence-corrected chi connectivity index (χ2v) is 6.75. The Bertz CT molecular complexity index is 647. The van der Waals surface area contributed by atoms with Crippen LogP contribution in [0.15, 0.2) is 18.2 Å². The molecule has 2 aliphatic heterocycles. The van der Waals surface area contributed by atoms with Crippen molar-refractivity contribution in [3.8, 4) is 11.5 Å². The van der Waals surface area contributed by atoms with E-state index in [2.05, 4.69) is 24.5 Å². The third-order valence-corrected chi connectivity index (χ3v) is 4.39. The Labute approximate surface area is 147 Å². The highest BCUT2D eigenvalue weighted by Gasteiger charge is 2.24. The third-order valence-electron chi connectivity index (χ3n) is 4.39. The lowest BCUT2D eigenvalue weighted by Crippen LogP contribution is -2.51. The van der Waals surface area contributed by atoms with Crippen LogP contribution in [-0.4, -0.2) is 56.1 Å². The van der Waals surface area contributed by atoms with Crippen LogP contribution in [-0.2, 0) is 9.59 Å². The van der Waals surface area contributed by atoms with Crippen LogP contribution in [0.1, 0.15) is 25.5 Å². The van der Waals surface area contributed by atoms with Crippen molar-refractivity contribution in [1.29, 1.82) is 0 Å². The van der Waals surface area contributed by atoms with Gasteiger partial charge in [-0.2, -0.15) is 0 Å². The second-order valence-electron chi connectivity index (χ2n) is 6.75. The lowest BCUT2D eigenvalue weighted by molar-refractivity contribution is -0.127. The molecule has 0 aromatic heterocycles. The maximum Gasteiger partial charge on any atom is 0.234 e. The average molecular weight is 347 g/mol. The highest BCUT2D eigenvalue weighted by Crippen LogP contribution is 2.34. The zero-order chi connectivity index (χ0) is 17.8. The fourth-order valence-corrected chi connectivity index (χ4v) is 3.14. The molecule has 1 aromatic rings. The fraction of sp³-hybridized carbons (Fsp3) is 0.556. The summed E-state index contributed by atoms with van der Waals surface area (Å²) >= 11 is 0. The lowest BCUT2D eigenvalue weighted by Gasteiger charge is -2.28. The van der Waals surface area contributed by atoms with E-state index in [1.165, 1.54) is 0 Å². The van der Waals surface area contributed by atoms with Crippen LogP contribution in [0.3, 0.4) is 0 Å². The van der Waals surface area contributed by atoms with Crippen molar-refractivity contribution in [3.63, 3.8) is 0 Å². The number of nitrogens with one attached hydrogen (secondary N) is 2. The van der Waals surface area contributed by atoms with Crippen LogP contribution in [0.25, 0.3) is 0 Å². The Kier molecular flexibility index (Phi) is 5.43. The molecule has 0 unspecified atom stereocenters. The van der Waals surface area contributed by atoms with Crippen LogP contribution in [0, 0.1) is 5.92 Å². The molecule has 2 aliphatic rings. The van der Waals surface area contributed by atoms with Gasteiger partial charge in [-0.1, -0.05) is 19.9 Å². The molecular formula is C18H25N3O4. The molecule has 3 rings (SSSR count). The largest absolute Gasteiger partial charge is 0.486 e. The van der Waals surface area contributed by atoms with Crippen molar-refractivity contribution < 1.29 is 19.1 Å². The van der Waals surface area contributed by atoms with Gasteiger partial charge in [0, 0.05) is 13.1 Å². The topological polar surface area (TPSA) is 79.9 Å². The minimum atomic E-state index is -0.123. The van der Waals surface area contributed by atoms with Crippen LogP contribution in [0.5, 0.6) is 11.5 Å². The Morgan fingerprint density at radius 3 is 2.76 bits per heavy atom. The van der Waals surface area contributed by atoms with Crippen LogP contribution < -0.4 is 20.1 Å². The molecule has 1 saturated heterocycles. The van der Waals surface area contributed by atoms with Gasteiger partial charge in [0.1, 0.15) is 13.2 Å². The number of fused-ring (bicyclic) bond motifs is 1. The molecule has 2 heterocycles. The summed E-state index contributed by atoms with van der Waals surface area (Å²) in [6, 6.07) is 5.67. The van der Waals surface area contributed by atoms with E-state index in [-0.39, 0.29) is 36.9 Å². The molecule has 0 saturated carbocycles. The molecule has 25 heavy (non-hydrogen) atoms. The second kappa shape index (κ2) is 7.74. The maximum absolute atomic E-state index is 12.5. The minimum absolute atomic E-state index is 0.0358. The summed E-state index contributed by atoms with van der Waals surface area (Å²) in [6.07, 6.45) is 0. The van der Waals surface area contributed by atoms with E-state index < -0.39 is 0 Å². The van der Waals surface area contributed by atoms with Gasteiger partial charge in [0.15, 0.2) is 11.5 Å². The summed E-state index contributed by atoms with van der Waals surface area (Å²) in [4.78, 5) is 25.7. The van der Waals surface area contributed by atoms with Gasteiger partial charge >= 0.3 is 0 Å². The Morgan fingerprint density at radius 2 is 2.04 bits per heavy atom. The van der Waals surface area contributed by atoms with Crippen LogP contribution in [0.2, 0.25) is 0 Å². The molecule has 7 nitrogen and oxygen atoms in total. The Morgan fingerprint density at radius 1 is 1.28 bits per heavy atom. The molecule has 1 aromatic carbocycles. The molecule has 136 valence electrons. The molecular weight excluding hydrogens is 322 g/mol. The first kappa shape index (κ1) is 17.5. The van der Waals surface area contributed by atoms with Gasteiger partial charge in [-0.05, 0) is 23.6 Å². The van der Waals surface area contributed by atoms with Gasteiger partial charge < -0.3 is 20.1 Å². The number of piperazine rings is 1. The van der Waals surface area contributed by atoms with E-state index in [1.54, 1.807) is 0 Å². The molecule has 1 atom stereocenters. The highest BCUT2D eigenvalue weighted by molar-refractivity contribution is 5.82. The van der Waals surface area contributed by atoms with E-state index in [4.69, 9.17) is 9.47 Å². The zero-order valence-corrected chi connectivity index (χ0v) is 14.7. The first-order valence-corrected chi connectivity index (χ1v) is 8.71. The first-order valence-electron chi connectivity index (χ1n) is 8.71. The minimum Gasteiger partial charge on any atom is -0.486 e. The van der Waals surface area contributed by atoms with Crippen LogP contribution in [0.4, 0.5) is 0 Å². The summed E-state index contributed by atoms with van der Waals surface area (Å²) < 4.78 is 11.2. The number of rotatable bonds is 5. The smallest absolute Gasteiger partial charge is 0.234 e. The van der Waals surface area contributed by atoms with Crippen LogP contribution >= 0.6 is 0 Å². The molecule has 0 spiro atoms. The predicted octanol–water partition coefficient (Wildman–Crippen LogP) is 0.703. The monoisotopic (exact) mass is 347 g/mol. The number of benzene rings is 1. The van der Waals surface area contributed by atoms with Gasteiger partial charge in [-0.15, -0.1) is 0 Å². The number of hydrogen-bond donors (Lipinski definition) is 2. The quantitative estimate of drug-likeness (QED) is 0.820. The predicted molar refractivity (Wildman–Crippen MR) is 92.6 cm³/mol. The van der Waals surface area contributed by atoms with Gasteiger partial charge in [-0.3, -0.25) is 14.5 Å². The number of hydrogen-bond acceptors (Lipinski definition) is 5. The molecule has 2 N–H and O–H groups in total. The summed E-state index contributed by atoms with van der Waals surface area (Å²) in [6.45, 7) is 6.99. The molecule has 7 heteroatoms. The number of nitrogens with zero attached hydrogens (tertiary/aromatic N) is 1. The fourth-order valence-electron chi connectivity index (χ4n) is 3.14. The van der Waals surface area contributed by atoms with E-state index in [0.717, 1.165) is 17.1 Å². The van der Waals surface area contributed by atoms with Gasteiger partial charge in [0.25, 0.3) is 0 Å². The molecule has 1 fully saturated rings. The van der Waals surface area contributed by atoms with Crippen molar-refractivity contribution in [2.24, 2.45) is 5.92 Å². The SMILES string of the molecule is CC(C)[C@@H](NC(=O)CN1CCNC(=O)C1)c1ccc2c(c1)OCCO2. The van der Waals surface area contributed by atoms with E-state index in [9.17, 15) is 9.59 Å². The van der Waals surface area contributed by atoms with Crippen molar-refractivity contribution in [2.45, 2.75) is 19.9 Å². The molecule has 0 aliphatic carbocycles. The Hall–Kier alpha value is -2.28. The Balaban J connectivity index is 1.66. The number of amides is 2. The van der Waals surface area contributed by atoms with Gasteiger partial charge in [0.05, 0.1) is 19.1 Å². The van der Waals surface area contributed by atoms with E-state index in [0.29, 0.717) is 26.3 Å². The summed E-state index contributed by atoms with van der Waals surface area (Å²) in [5, 5.41) is 5.85. The van der Waals surface area contributed by atoms with Crippen molar-refractivity contribution in [2.75, 3.05) is 39.4 Å². The van der Waals surface area contributed by atoms with Crippen molar-refractivity contribution in [3.05, 3.63) is 23.8 Å². The number of carbonyl (C=O) groups excluding carboxylic acids is 2. The first-order chi connectivity index (χ1) is 12.0. The maximum atomic E-state index is 12.5.